The number of carbonyl (C=O) groups is 2. The number of fused-ring (bicyclic) bond motifs is 2. The van der Waals surface area contributed by atoms with E-state index in [1.54, 1.807) is 25.1 Å². The van der Waals surface area contributed by atoms with E-state index in [4.69, 9.17) is 9.26 Å². The number of carbonyl (C=O) groups excluding carboxylic acids is 2. The second-order valence-electron chi connectivity index (χ2n) is 9.26. The summed E-state index contributed by atoms with van der Waals surface area (Å²) in [7, 11) is 0. The Morgan fingerprint density at radius 3 is 2.58 bits per heavy atom. The molecule has 2 heterocycles. The van der Waals surface area contributed by atoms with Crippen LogP contribution in [0.1, 0.15) is 58.9 Å². The van der Waals surface area contributed by atoms with Crippen molar-refractivity contribution in [1.82, 2.24) is 5.16 Å². The van der Waals surface area contributed by atoms with E-state index < -0.39 is 0 Å². The summed E-state index contributed by atoms with van der Waals surface area (Å²) in [6.07, 6.45) is 4.64. The second kappa shape index (κ2) is 9.15. The standard InChI is InChI=1S/C29H27N3O4/c1-2-35-29(34)18-10-9-11-19(16-18)30-22-17-23(32-14-7-3-4-8-15-32)26-25-24(22)27(33)20-12-5-6-13-21(20)28(25)36-31-26/h5-6,9-13,16-17,30H,2-4,7-8,14-15H2,1H3. The minimum atomic E-state index is -0.380. The number of ether oxygens (including phenoxy) is 1. The predicted molar refractivity (Wildman–Crippen MR) is 139 cm³/mol. The lowest BCUT2D eigenvalue weighted by atomic mass is 9.86. The molecule has 2 aliphatic rings. The Balaban J connectivity index is 1.53. The highest BCUT2D eigenvalue weighted by Gasteiger charge is 2.33. The highest BCUT2D eigenvalue weighted by molar-refractivity contribution is 6.28. The molecule has 0 spiro atoms. The summed E-state index contributed by atoms with van der Waals surface area (Å²) in [5.74, 6) is 0.169. The molecule has 0 unspecified atom stereocenters. The number of benzene rings is 3. The van der Waals surface area contributed by atoms with Gasteiger partial charge in [-0.2, -0.15) is 0 Å². The van der Waals surface area contributed by atoms with Crippen LogP contribution in [0.25, 0.3) is 22.2 Å². The Hall–Kier alpha value is -4.13. The fourth-order valence-corrected chi connectivity index (χ4v) is 5.29. The summed E-state index contributed by atoms with van der Waals surface area (Å²) in [5.41, 5.74) is 5.40. The summed E-state index contributed by atoms with van der Waals surface area (Å²) in [4.78, 5) is 28.5. The van der Waals surface area contributed by atoms with Crippen molar-refractivity contribution in [3.8, 4) is 11.3 Å². The Labute approximate surface area is 209 Å². The van der Waals surface area contributed by atoms with Crippen molar-refractivity contribution in [3.05, 3.63) is 71.3 Å². The number of nitrogens with one attached hydrogen (secondary N) is 1. The van der Waals surface area contributed by atoms with E-state index in [-0.39, 0.29) is 11.8 Å². The molecule has 7 nitrogen and oxygen atoms in total. The van der Waals surface area contributed by atoms with Gasteiger partial charge in [0, 0.05) is 29.9 Å². The maximum atomic E-state index is 13.8. The first-order valence-electron chi connectivity index (χ1n) is 12.6. The highest BCUT2D eigenvalue weighted by Crippen LogP contribution is 2.46. The van der Waals surface area contributed by atoms with Gasteiger partial charge in [0.05, 0.1) is 34.5 Å². The average Bonchev–Trinajstić information content (AvgIpc) is 3.15. The largest absolute Gasteiger partial charge is 0.462 e. The van der Waals surface area contributed by atoms with E-state index in [9.17, 15) is 9.59 Å². The number of anilines is 3. The molecule has 0 saturated carbocycles. The molecule has 0 atom stereocenters. The van der Waals surface area contributed by atoms with Crippen LogP contribution in [0, 0.1) is 0 Å². The quantitative estimate of drug-likeness (QED) is 0.293. The summed E-state index contributed by atoms with van der Waals surface area (Å²) in [6.45, 7) is 3.95. The molecule has 6 rings (SSSR count). The first-order chi connectivity index (χ1) is 17.7. The predicted octanol–water partition coefficient (Wildman–Crippen LogP) is 6.34. The third kappa shape index (κ3) is 3.71. The zero-order valence-corrected chi connectivity index (χ0v) is 20.2. The van der Waals surface area contributed by atoms with E-state index in [1.807, 2.05) is 36.4 Å². The Morgan fingerprint density at radius 1 is 1.03 bits per heavy atom. The normalized spacial score (nSPS) is 14.9. The lowest BCUT2D eigenvalue weighted by Gasteiger charge is -2.26. The van der Waals surface area contributed by atoms with Gasteiger partial charge in [0.15, 0.2) is 11.5 Å². The van der Waals surface area contributed by atoms with Crippen LogP contribution >= 0.6 is 0 Å². The number of esters is 1. The van der Waals surface area contributed by atoms with E-state index in [0.29, 0.717) is 40.4 Å². The first-order valence-corrected chi connectivity index (χ1v) is 12.6. The molecule has 36 heavy (non-hydrogen) atoms. The zero-order chi connectivity index (χ0) is 24.6. The lowest BCUT2D eigenvalue weighted by Crippen LogP contribution is -2.24. The highest BCUT2D eigenvalue weighted by atomic mass is 16.5. The average molecular weight is 482 g/mol. The summed E-state index contributed by atoms with van der Waals surface area (Å²) in [6, 6.07) is 16.7. The van der Waals surface area contributed by atoms with Crippen LogP contribution in [0.5, 0.6) is 0 Å². The van der Waals surface area contributed by atoms with Gasteiger partial charge in [0.25, 0.3) is 0 Å². The van der Waals surface area contributed by atoms with E-state index in [1.165, 1.54) is 12.8 Å². The molecule has 4 aromatic rings. The number of ketones is 1. The van der Waals surface area contributed by atoms with Gasteiger partial charge >= 0.3 is 5.97 Å². The summed E-state index contributed by atoms with van der Waals surface area (Å²) >= 11 is 0. The maximum absolute atomic E-state index is 13.8. The molecule has 1 fully saturated rings. The van der Waals surface area contributed by atoms with Crippen molar-refractivity contribution in [2.24, 2.45) is 0 Å². The smallest absolute Gasteiger partial charge is 0.338 e. The lowest BCUT2D eigenvalue weighted by molar-refractivity contribution is 0.0526. The number of hydrogen-bond acceptors (Lipinski definition) is 7. The van der Waals surface area contributed by atoms with Gasteiger partial charge in [0.1, 0.15) is 5.52 Å². The van der Waals surface area contributed by atoms with Crippen molar-refractivity contribution >= 4 is 39.7 Å². The van der Waals surface area contributed by atoms with Crippen LogP contribution in [0.4, 0.5) is 17.1 Å². The van der Waals surface area contributed by atoms with E-state index >= 15 is 0 Å². The first kappa shape index (κ1) is 22.3. The van der Waals surface area contributed by atoms with Crippen LogP contribution in [0.3, 0.4) is 0 Å². The molecule has 0 amide bonds. The minimum absolute atomic E-state index is 0.0715. The fourth-order valence-electron chi connectivity index (χ4n) is 5.29. The summed E-state index contributed by atoms with van der Waals surface area (Å²) in [5, 5.41) is 8.65. The number of hydrogen-bond donors (Lipinski definition) is 1. The molecule has 3 aromatic carbocycles. The van der Waals surface area contributed by atoms with Crippen molar-refractivity contribution < 1.29 is 18.8 Å². The third-order valence-electron chi connectivity index (χ3n) is 6.98. The Bertz CT molecular complexity index is 1480. The van der Waals surface area contributed by atoms with E-state index in [2.05, 4.69) is 15.4 Å². The number of aromatic nitrogens is 1. The van der Waals surface area contributed by atoms with Crippen LogP contribution in [0.2, 0.25) is 0 Å². The number of rotatable bonds is 5. The second-order valence-corrected chi connectivity index (χ2v) is 9.26. The van der Waals surface area contributed by atoms with Gasteiger partial charge in [0.2, 0.25) is 0 Å². The zero-order valence-electron chi connectivity index (χ0n) is 20.2. The molecule has 1 aromatic heterocycles. The van der Waals surface area contributed by atoms with Gasteiger partial charge in [-0.15, -0.1) is 0 Å². The molecule has 1 saturated heterocycles. The van der Waals surface area contributed by atoms with Crippen LogP contribution in [0.15, 0.2) is 59.1 Å². The topological polar surface area (TPSA) is 84.7 Å². The Morgan fingerprint density at radius 2 is 1.81 bits per heavy atom. The van der Waals surface area contributed by atoms with Crippen molar-refractivity contribution in [1.29, 1.82) is 0 Å². The van der Waals surface area contributed by atoms with Gasteiger partial charge in [-0.3, -0.25) is 4.79 Å². The molecule has 1 aliphatic heterocycles. The summed E-state index contributed by atoms with van der Waals surface area (Å²) < 4.78 is 11.1. The van der Waals surface area contributed by atoms with Gasteiger partial charge in [-0.1, -0.05) is 48.3 Å². The van der Waals surface area contributed by atoms with Crippen LogP contribution in [-0.4, -0.2) is 36.6 Å². The molecule has 0 radical (unpaired) electrons. The van der Waals surface area contributed by atoms with Crippen molar-refractivity contribution in [2.75, 3.05) is 29.9 Å². The van der Waals surface area contributed by atoms with Crippen LogP contribution < -0.4 is 10.2 Å². The molecule has 1 aliphatic carbocycles. The molecule has 0 bridgehead atoms. The number of nitrogens with zero attached hydrogens (tertiary/aromatic N) is 2. The Kier molecular flexibility index (Phi) is 5.68. The molecule has 182 valence electrons. The van der Waals surface area contributed by atoms with Crippen molar-refractivity contribution in [2.45, 2.75) is 32.6 Å². The molecular formula is C29H27N3O4. The van der Waals surface area contributed by atoms with E-state index in [0.717, 1.165) is 48.1 Å². The SMILES string of the molecule is CCOC(=O)c1cccc(Nc2cc(N3CCCCCC3)c3noc4c3c2C(=O)c2ccccc2-4)c1. The third-order valence-corrected chi connectivity index (χ3v) is 6.98. The minimum Gasteiger partial charge on any atom is -0.462 e. The van der Waals surface area contributed by atoms with Crippen molar-refractivity contribution in [3.63, 3.8) is 0 Å². The van der Waals surface area contributed by atoms with Gasteiger partial charge in [-0.25, -0.2) is 4.79 Å². The van der Waals surface area contributed by atoms with Gasteiger partial charge in [-0.05, 0) is 44.0 Å². The monoisotopic (exact) mass is 481 g/mol. The van der Waals surface area contributed by atoms with Gasteiger partial charge < -0.3 is 19.5 Å². The molecular weight excluding hydrogens is 454 g/mol. The fraction of sp³-hybridized carbons (Fsp3) is 0.276. The molecule has 7 heteroatoms. The van der Waals surface area contributed by atoms with Crippen LogP contribution in [-0.2, 0) is 4.74 Å². The molecule has 1 N–H and O–H groups in total. The maximum Gasteiger partial charge on any atom is 0.338 e.